The highest BCUT2D eigenvalue weighted by Gasteiger charge is 2.42. The molecule has 3 atom stereocenters. The van der Waals surface area contributed by atoms with E-state index in [0.717, 1.165) is 42.9 Å². The van der Waals surface area contributed by atoms with E-state index in [9.17, 15) is 4.79 Å². The van der Waals surface area contributed by atoms with Crippen LogP contribution in [0, 0.1) is 5.92 Å². The zero-order valence-electron chi connectivity index (χ0n) is 16.5. The van der Waals surface area contributed by atoms with Gasteiger partial charge in [0.2, 0.25) is 5.91 Å². The van der Waals surface area contributed by atoms with E-state index < -0.39 is 5.92 Å². The minimum Gasteiger partial charge on any atom is -0.383 e. The molecule has 0 aliphatic carbocycles. The number of fused-ring (bicyclic) bond motifs is 1. The topological polar surface area (TPSA) is 59.7 Å². The van der Waals surface area contributed by atoms with Gasteiger partial charge in [-0.2, -0.15) is 5.10 Å². The highest BCUT2D eigenvalue weighted by Crippen LogP contribution is 2.39. The van der Waals surface area contributed by atoms with Crippen LogP contribution < -0.4 is 0 Å². The van der Waals surface area contributed by atoms with Crippen LogP contribution in [0.5, 0.6) is 0 Å². The van der Waals surface area contributed by atoms with Crippen LogP contribution in [0.2, 0.25) is 10.0 Å². The summed E-state index contributed by atoms with van der Waals surface area (Å²) in [5, 5.41) is 5.41. The molecule has 2 aliphatic heterocycles. The normalized spacial score (nSPS) is 24.2. The molecule has 29 heavy (non-hydrogen) atoms. The Balaban J connectivity index is 1.76. The smallest absolute Gasteiger partial charge is 0.234 e. The maximum Gasteiger partial charge on any atom is 0.234 e. The molecule has 6 nitrogen and oxygen atoms in total. The van der Waals surface area contributed by atoms with E-state index in [-0.39, 0.29) is 18.0 Å². The van der Waals surface area contributed by atoms with E-state index in [0.29, 0.717) is 16.7 Å². The zero-order chi connectivity index (χ0) is 20.5. The number of methoxy groups -OCH3 is 1. The number of ether oxygens (including phenoxy) is 1. The lowest BCUT2D eigenvalue weighted by Crippen LogP contribution is -2.52. The first kappa shape index (κ1) is 20.4. The van der Waals surface area contributed by atoms with Crippen molar-refractivity contribution in [2.45, 2.75) is 38.3 Å². The molecular weight excluding hydrogens is 411 g/mol. The Bertz CT molecular complexity index is 941. The third-order valence-electron chi connectivity index (χ3n) is 5.79. The number of nitrogens with zero attached hydrogens (tertiary/aromatic N) is 4. The number of likely N-dealkylation sites (tertiary alicyclic amines) is 1. The standard InChI is InChI=1S/C21H24Cl2N4O2/c1-13-19(21(28)26-10-4-3-5-15(26)12-29-2)20(27-18(25-13)8-9-24-27)14-6-7-16(22)17(23)11-14/h6-9,11,15,19-20H,3-5,10,12H2,1-2H3. The molecule has 1 saturated heterocycles. The van der Waals surface area contributed by atoms with Crippen LogP contribution in [0.25, 0.3) is 0 Å². The number of rotatable bonds is 4. The summed E-state index contributed by atoms with van der Waals surface area (Å²) < 4.78 is 7.20. The van der Waals surface area contributed by atoms with Crippen LogP contribution in [0.3, 0.4) is 0 Å². The Morgan fingerprint density at radius 3 is 2.83 bits per heavy atom. The van der Waals surface area contributed by atoms with Crippen molar-refractivity contribution in [2.75, 3.05) is 20.3 Å². The summed E-state index contributed by atoms with van der Waals surface area (Å²) in [5.41, 5.74) is 1.66. The van der Waals surface area contributed by atoms with Crippen molar-refractivity contribution in [1.29, 1.82) is 0 Å². The summed E-state index contributed by atoms with van der Waals surface area (Å²) in [6.07, 6.45) is 4.76. The number of aromatic nitrogens is 2. The number of hydrogen-bond acceptors (Lipinski definition) is 4. The monoisotopic (exact) mass is 434 g/mol. The van der Waals surface area contributed by atoms with Crippen LogP contribution >= 0.6 is 23.2 Å². The second kappa shape index (κ2) is 8.46. The molecule has 3 unspecified atom stereocenters. The van der Waals surface area contributed by atoms with E-state index >= 15 is 0 Å². The van der Waals surface area contributed by atoms with Crippen molar-refractivity contribution in [1.82, 2.24) is 14.7 Å². The van der Waals surface area contributed by atoms with Crippen LogP contribution in [0.4, 0.5) is 5.82 Å². The SMILES string of the molecule is COCC1CCCCN1C(=O)C1C(C)=Nc2ccnn2C1c1ccc(Cl)c(Cl)c1. The van der Waals surface area contributed by atoms with Crippen molar-refractivity contribution >= 4 is 40.6 Å². The predicted octanol–water partition coefficient (Wildman–Crippen LogP) is 4.53. The van der Waals surface area contributed by atoms with Crippen LogP contribution in [-0.4, -0.2) is 52.6 Å². The Kier molecular flexibility index (Phi) is 5.95. The fourth-order valence-electron chi connectivity index (χ4n) is 4.41. The van der Waals surface area contributed by atoms with E-state index in [1.165, 1.54) is 0 Å². The molecule has 0 spiro atoms. The molecule has 1 fully saturated rings. The number of carbonyl (C=O) groups excluding carboxylic acids is 1. The highest BCUT2D eigenvalue weighted by atomic mass is 35.5. The molecule has 0 N–H and O–H groups in total. The molecule has 154 valence electrons. The lowest BCUT2D eigenvalue weighted by Gasteiger charge is -2.40. The lowest BCUT2D eigenvalue weighted by atomic mass is 9.86. The van der Waals surface area contributed by atoms with E-state index in [4.69, 9.17) is 27.9 Å². The highest BCUT2D eigenvalue weighted by molar-refractivity contribution is 6.42. The molecule has 8 heteroatoms. The van der Waals surface area contributed by atoms with Gasteiger partial charge >= 0.3 is 0 Å². The molecule has 4 rings (SSSR count). The van der Waals surface area contributed by atoms with Gasteiger partial charge in [0.15, 0.2) is 5.82 Å². The molecule has 1 aromatic carbocycles. The van der Waals surface area contributed by atoms with E-state index in [1.54, 1.807) is 19.4 Å². The van der Waals surface area contributed by atoms with E-state index in [2.05, 4.69) is 10.1 Å². The van der Waals surface area contributed by atoms with Gasteiger partial charge in [-0.05, 0) is 43.9 Å². The lowest BCUT2D eigenvalue weighted by molar-refractivity contribution is -0.139. The molecule has 0 saturated carbocycles. The maximum absolute atomic E-state index is 13.8. The zero-order valence-corrected chi connectivity index (χ0v) is 18.0. The Hall–Kier alpha value is -1.89. The summed E-state index contributed by atoms with van der Waals surface area (Å²) in [7, 11) is 1.68. The number of piperidine rings is 1. The molecule has 0 radical (unpaired) electrons. The average molecular weight is 435 g/mol. The van der Waals surface area contributed by atoms with Gasteiger partial charge in [0.05, 0.1) is 34.9 Å². The quantitative estimate of drug-likeness (QED) is 0.709. The fourth-order valence-corrected chi connectivity index (χ4v) is 4.72. The molecule has 3 heterocycles. The Labute approximate surface area is 180 Å². The van der Waals surface area contributed by atoms with Crippen LogP contribution in [0.1, 0.15) is 37.8 Å². The van der Waals surface area contributed by atoms with Crippen molar-refractivity contribution in [3.05, 3.63) is 46.1 Å². The molecule has 0 bridgehead atoms. The van der Waals surface area contributed by atoms with E-state index in [1.807, 2.05) is 34.7 Å². The van der Waals surface area contributed by atoms with Gasteiger partial charge in [0.1, 0.15) is 5.92 Å². The number of hydrogen-bond donors (Lipinski definition) is 0. The van der Waals surface area contributed by atoms with Gasteiger partial charge in [-0.3, -0.25) is 4.79 Å². The summed E-state index contributed by atoms with van der Waals surface area (Å²) in [6, 6.07) is 7.10. The number of benzene rings is 1. The molecule has 2 aromatic rings. The molecule has 1 amide bonds. The van der Waals surface area contributed by atoms with Crippen molar-refractivity contribution < 1.29 is 9.53 Å². The third-order valence-corrected chi connectivity index (χ3v) is 6.53. The van der Waals surface area contributed by atoms with Crippen molar-refractivity contribution in [2.24, 2.45) is 10.9 Å². The summed E-state index contributed by atoms with van der Waals surface area (Å²) >= 11 is 12.4. The summed E-state index contributed by atoms with van der Waals surface area (Å²) in [4.78, 5) is 20.4. The van der Waals surface area contributed by atoms with Gasteiger partial charge in [0.25, 0.3) is 0 Å². The number of aliphatic imine (C=N–C) groups is 1. The first-order chi connectivity index (χ1) is 14.0. The third kappa shape index (κ3) is 3.81. The summed E-state index contributed by atoms with van der Waals surface area (Å²) in [5.74, 6) is 0.331. The predicted molar refractivity (Wildman–Crippen MR) is 114 cm³/mol. The van der Waals surface area contributed by atoms with Gasteiger partial charge in [-0.25, -0.2) is 9.67 Å². The number of halogens is 2. The van der Waals surface area contributed by atoms with Crippen LogP contribution in [-0.2, 0) is 9.53 Å². The Morgan fingerprint density at radius 2 is 2.07 bits per heavy atom. The summed E-state index contributed by atoms with van der Waals surface area (Å²) in [6.45, 7) is 3.19. The first-order valence-corrected chi connectivity index (χ1v) is 10.6. The largest absolute Gasteiger partial charge is 0.383 e. The number of carbonyl (C=O) groups is 1. The minimum absolute atomic E-state index is 0.0604. The second-order valence-corrected chi connectivity index (χ2v) is 8.43. The van der Waals surface area contributed by atoms with Gasteiger partial charge < -0.3 is 9.64 Å². The second-order valence-electron chi connectivity index (χ2n) is 7.62. The maximum atomic E-state index is 13.8. The number of amides is 1. The Morgan fingerprint density at radius 1 is 1.24 bits per heavy atom. The molecule has 1 aromatic heterocycles. The first-order valence-electron chi connectivity index (χ1n) is 9.84. The molecule has 2 aliphatic rings. The minimum atomic E-state index is -0.461. The van der Waals surface area contributed by atoms with Gasteiger partial charge in [-0.1, -0.05) is 29.3 Å². The van der Waals surface area contributed by atoms with Gasteiger partial charge in [-0.15, -0.1) is 0 Å². The van der Waals surface area contributed by atoms with Crippen molar-refractivity contribution in [3.63, 3.8) is 0 Å². The van der Waals surface area contributed by atoms with Gasteiger partial charge in [0, 0.05) is 25.4 Å². The fraction of sp³-hybridized carbons (Fsp3) is 0.476. The van der Waals surface area contributed by atoms with Crippen LogP contribution in [0.15, 0.2) is 35.5 Å². The average Bonchev–Trinajstić information content (AvgIpc) is 3.17. The molecular formula is C21H24Cl2N4O2. The van der Waals surface area contributed by atoms with Crippen molar-refractivity contribution in [3.8, 4) is 0 Å².